The molecule has 166 valence electrons. The van der Waals surface area contributed by atoms with Crippen LogP contribution in [0.3, 0.4) is 0 Å². The van der Waals surface area contributed by atoms with E-state index in [1.54, 1.807) is 36.7 Å². The number of pyridine rings is 1. The van der Waals surface area contributed by atoms with Crippen LogP contribution in [0.2, 0.25) is 0 Å². The van der Waals surface area contributed by atoms with Crippen molar-refractivity contribution in [3.05, 3.63) is 94.8 Å². The highest BCUT2D eigenvalue weighted by Gasteiger charge is 2.46. The number of nitrogens with zero attached hydrogens (tertiary/aromatic N) is 2. The molecule has 1 atom stereocenters. The number of ether oxygens (including phenoxy) is 2. The van der Waals surface area contributed by atoms with Gasteiger partial charge in [0.15, 0.2) is 11.5 Å². The van der Waals surface area contributed by atoms with Crippen LogP contribution in [-0.2, 0) is 16.1 Å². The Morgan fingerprint density at radius 1 is 1.06 bits per heavy atom. The first-order valence-electron chi connectivity index (χ1n) is 10.7. The molecule has 1 fully saturated rings. The lowest BCUT2D eigenvalue weighted by Gasteiger charge is -2.25. The number of amides is 1. The molecule has 33 heavy (non-hydrogen) atoms. The Hall–Kier alpha value is -4.13. The number of fused-ring (bicyclic) bond motifs is 1. The Kier molecular flexibility index (Phi) is 5.30. The summed E-state index contributed by atoms with van der Waals surface area (Å²) >= 11 is 0. The number of aliphatic hydroxyl groups is 1. The largest absolute Gasteiger partial charge is 0.507 e. The van der Waals surface area contributed by atoms with Crippen molar-refractivity contribution in [1.29, 1.82) is 0 Å². The average Bonchev–Trinajstić information content (AvgIpc) is 3.09. The molecule has 2 aliphatic rings. The Balaban J connectivity index is 1.63. The Morgan fingerprint density at radius 2 is 1.82 bits per heavy atom. The normalized spacial score (nSPS) is 19.1. The van der Waals surface area contributed by atoms with Gasteiger partial charge in [0, 0.05) is 24.5 Å². The maximum atomic E-state index is 13.2. The van der Waals surface area contributed by atoms with E-state index < -0.39 is 17.7 Å². The standard InChI is InChI=1S/C26H22N2O5/c1-16-4-6-18(7-5-16)23-22(24(29)19-8-9-20-21(13-19)33-12-11-32-20)25(30)26(31)28(23)15-17-3-2-10-27-14-17/h2-10,13-14,23,29H,11-12,15H2,1H3/t23-/m1/s1. The number of carbonyl (C=O) groups excluding carboxylic acids is 2. The maximum absolute atomic E-state index is 13.2. The molecular weight excluding hydrogens is 420 g/mol. The zero-order chi connectivity index (χ0) is 22.9. The van der Waals surface area contributed by atoms with Crippen LogP contribution in [0.4, 0.5) is 0 Å². The summed E-state index contributed by atoms with van der Waals surface area (Å²) in [7, 11) is 0. The summed E-state index contributed by atoms with van der Waals surface area (Å²) in [5, 5.41) is 11.3. The molecule has 1 aromatic heterocycles. The minimum absolute atomic E-state index is 0.0458. The van der Waals surface area contributed by atoms with Gasteiger partial charge in [0.1, 0.15) is 19.0 Å². The van der Waals surface area contributed by atoms with E-state index in [0.717, 1.165) is 16.7 Å². The molecule has 3 aromatic rings. The Morgan fingerprint density at radius 3 is 2.55 bits per heavy atom. The topological polar surface area (TPSA) is 89.0 Å². The van der Waals surface area contributed by atoms with Crippen molar-refractivity contribution in [2.75, 3.05) is 13.2 Å². The summed E-state index contributed by atoms with van der Waals surface area (Å²) in [6, 6.07) is 15.5. The maximum Gasteiger partial charge on any atom is 0.295 e. The monoisotopic (exact) mass is 442 g/mol. The molecule has 1 saturated heterocycles. The molecule has 2 aromatic carbocycles. The van der Waals surface area contributed by atoms with E-state index in [-0.39, 0.29) is 17.9 Å². The molecule has 0 unspecified atom stereocenters. The molecule has 1 amide bonds. The zero-order valence-electron chi connectivity index (χ0n) is 18.0. The van der Waals surface area contributed by atoms with E-state index in [4.69, 9.17) is 9.47 Å². The van der Waals surface area contributed by atoms with E-state index >= 15 is 0 Å². The van der Waals surface area contributed by atoms with E-state index in [1.807, 2.05) is 37.3 Å². The summed E-state index contributed by atoms with van der Waals surface area (Å²) in [4.78, 5) is 31.9. The van der Waals surface area contributed by atoms with Crippen LogP contribution >= 0.6 is 0 Å². The molecule has 1 N–H and O–H groups in total. The third-order valence-electron chi connectivity index (χ3n) is 5.82. The molecule has 5 rings (SSSR count). The van der Waals surface area contributed by atoms with Gasteiger partial charge in [0.05, 0.1) is 11.6 Å². The van der Waals surface area contributed by atoms with Crippen molar-refractivity contribution in [3.63, 3.8) is 0 Å². The summed E-state index contributed by atoms with van der Waals surface area (Å²) in [5.74, 6) is -0.573. The molecule has 7 nitrogen and oxygen atoms in total. The van der Waals surface area contributed by atoms with Gasteiger partial charge in [-0.2, -0.15) is 0 Å². The summed E-state index contributed by atoms with van der Waals surface area (Å²) < 4.78 is 11.2. The van der Waals surface area contributed by atoms with Gasteiger partial charge < -0.3 is 19.5 Å². The lowest BCUT2D eigenvalue weighted by Crippen LogP contribution is -2.29. The number of carbonyl (C=O) groups is 2. The number of hydrogen-bond donors (Lipinski definition) is 1. The fourth-order valence-corrected chi connectivity index (χ4v) is 4.17. The van der Waals surface area contributed by atoms with Crippen LogP contribution in [0.25, 0.3) is 5.76 Å². The SMILES string of the molecule is Cc1ccc([C@@H]2C(=C(O)c3ccc4c(c3)OCCO4)C(=O)C(=O)N2Cc2cccnc2)cc1. The Bertz CT molecular complexity index is 1250. The number of benzene rings is 2. The third-order valence-corrected chi connectivity index (χ3v) is 5.82. The zero-order valence-corrected chi connectivity index (χ0v) is 18.0. The molecule has 2 aliphatic heterocycles. The van der Waals surface area contributed by atoms with Crippen LogP contribution in [0.15, 0.2) is 72.6 Å². The van der Waals surface area contributed by atoms with Gasteiger partial charge in [-0.05, 0) is 42.3 Å². The molecule has 3 heterocycles. The molecule has 0 radical (unpaired) electrons. The van der Waals surface area contributed by atoms with E-state index in [0.29, 0.717) is 30.3 Å². The van der Waals surface area contributed by atoms with Crippen LogP contribution in [0.5, 0.6) is 11.5 Å². The number of likely N-dealkylation sites (tertiary alicyclic amines) is 1. The quantitative estimate of drug-likeness (QED) is 0.376. The second-order valence-corrected chi connectivity index (χ2v) is 8.06. The minimum atomic E-state index is -0.737. The summed E-state index contributed by atoms with van der Waals surface area (Å²) in [6.45, 7) is 3.00. The lowest BCUT2D eigenvalue weighted by molar-refractivity contribution is -0.140. The lowest BCUT2D eigenvalue weighted by atomic mass is 9.94. The van der Waals surface area contributed by atoms with Gasteiger partial charge in [0.2, 0.25) is 0 Å². The summed E-state index contributed by atoms with van der Waals surface area (Å²) in [6.07, 6.45) is 3.31. The predicted octanol–water partition coefficient (Wildman–Crippen LogP) is 3.78. The van der Waals surface area contributed by atoms with Crippen molar-refractivity contribution in [3.8, 4) is 11.5 Å². The van der Waals surface area contributed by atoms with Crippen LogP contribution < -0.4 is 9.47 Å². The number of aryl methyl sites for hydroxylation is 1. The number of ketones is 1. The van der Waals surface area contributed by atoms with Crippen molar-refractivity contribution in [2.45, 2.75) is 19.5 Å². The van der Waals surface area contributed by atoms with Crippen molar-refractivity contribution >= 4 is 17.4 Å². The second kappa shape index (κ2) is 8.43. The van der Waals surface area contributed by atoms with Crippen molar-refractivity contribution in [2.24, 2.45) is 0 Å². The highest BCUT2D eigenvalue weighted by atomic mass is 16.6. The first-order valence-corrected chi connectivity index (χ1v) is 10.7. The van der Waals surface area contributed by atoms with Gasteiger partial charge in [-0.3, -0.25) is 14.6 Å². The van der Waals surface area contributed by atoms with Gasteiger partial charge >= 0.3 is 0 Å². The van der Waals surface area contributed by atoms with Gasteiger partial charge in [-0.15, -0.1) is 0 Å². The molecular formula is C26H22N2O5. The molecule has 0 spiro atoms. The molecule has 0 bridgehead atoms. The minimum Gasteiger partial charge on any atom is -0.507 e. The fraction of sp³-hybridized carbons (Fsp3) is 0.192. The third kappa shape index (κ3) is 3.82. The number of aromatic nitrogens is 1. The molecule has 0 saturated carbocycles. The van der Waals surface area contributed by atoms with E-state index in [1.165, 1.54) is 4.90 Å². The predicted molar refractivity (Wildman–Crippen MR) is 121 cm³/mol. The van der Waals surface area contributed by atoms with Gasteiger partial charge in [-0.25, -0.2) is 0 Å². The number of rotatable bonds is 4. The number of aliphatic hydroxyl groups excluding tert-OH is 1. The highest BCUT2D eigenvalue weighted by molar-refractivity contribution is 6.46. The van der Waals surface area contributed by atoms with Gasteiger partial charge in [0.25, 0.3) is 11.7 Å². The number of Topliss-reactive ketones (excluding diaryl/α,β-unsaturated/α-hetero) is 1. The smallest absolute Gasteiger partial charge is 0.295 e. The first-order chi connectivity index (χ1) is 16.0. The average molecular weight is 442 g/mol. The van der Waals surface area contributed by atoms with Gasteiger partial charge in [-0.1, -0.05) is 35.9 Å². The van der Waals surface area contributed by atoms with Crippen LogP contribution in [-0.4, -0.2) is 39.9 Å². The van der Waals surface area contributed by atoms with E-state index in [9.17, 15) is 14.7 Å². The Labute approximate surface area is 190 Å². The fourth-order valence-electron chi connectivity index (χ4n) is 4.17. The van der Waals surface area contributed by atoms with E-state index in [2.05, 4.69) is 4.98 Å². The highest BCUT2D eigenvalue weighted by Crippen LogP contribution is 2.41. The number of hydrogen-bond acceptors (Lipinski definition) is 6. The van der Waals surface area contributed by atoms with Crippen molar-refractivity contribution in [1.82, 2.24) is 9.88 Å². The summed E-state index contributed by atoms with van der Waals surface area (Å²) in [5.41, 5.74) is 3.01. The van der Waals surface area contributed by atoms with Crippen molar-refractivity contribution < 1.29 is 24.2 Å². The second-order valence-electron chi connectivity index (χ2n) is 8.06. The molecule has 0 aliphatic carbocycles. The molecule has 7 heteroatoms. The van der Waals surface area contributed by atoms with Crippen LogP contribution in [0.1, 0.15) is 28.3 Å². The van der Waals surface area contributed by atoms with Crippen LogP contribution in [0, 0.1) is 6.92 Å². The first kappa shape index (κ1) is 20.8.